The predicted octanol–water partition coefficient (Wildman–Crippen LogP) is 7.28. The lowest BCUT2D eigenvalue weighted by molar-refractivity contribution is 0.592. The molecular formula is C26H28FNS. The average Bonchev–Trinajstić information content (AvgIpc) is 2.71. The van der Waals surface area contributed by atoms with Crippen molar-refractivity contribution in [1.82, 2.24) is 0 Å². The summed E-state index contributed by atoms with van der Waals surface area (Å²) in [7, 11) is 0. The molecule has 1 nitrogen and oxygen atoms in total. The zero-order chi connectivity index (χ0) is 20.3. The largest absolute Gasteiger partial charge is 0.376 e. The normalized spacial score (nSPS) is 17.6. The SMILES string of the molecule is CC1(C)C=C(CSCCc2ccccc2)c2cc(C3=C(F)CCC=C3)ccc2N1. The third-order valence-corrected chi connectivity index (χ3v) is 6.42. The molecule has 150 valence electrons. The van der Waals surface area contributed by atoms with E-state index in [0.29, 0.717) is 6.42 Å². The Morgan fingerprint density at radius 3 is 2.72 bits per heavy atom. The number of allylic oxidation sites excluding steroid dienone is 4. The van der Waals surface area contributed by atoms with Crippen molar-refractivity contribution in [3.8, 4) is 0 Å². The van der Waals surface area contributed by atoms with Crippen molar-refractivity contribution in [2.75, 3.05) is 16.8 Å². The molecule has 2 aromatic carbocycles. The van der Waals surface area contributed by atoms with Gasteiger partial charge in [-0.2, -0.15) is 11.8 Å². The average molecular weight is 406 g/mol. The van der Waals surface area contributed by atoms with Crippen LogP contribution in [0, 0.1) is 0 Å². The number of hydrogen-bond acceptors (Lipinski definition) is 2. The number of hydrogen-bond donors (Lipinski definition) is 1. The van der Waals surface area contributed by atoms with Crippen molar-refractivity contribution in [3.05, 3.63) is 89.3 Å². The van der Waals surface area contributed by atoms with Gasteiger partial charge in [0.2, 0.25) is 0 Å². The fourth-order valence-electron chi connectivity index (χ4n) is 4.01. The Kier molecular flexibility index (Phi) is 5.96. The second-order valence-corrected chi connectivity index (χ2v) is 9.43. The summed E-state index contributed by atoms with van der Waals surface area (Å²) in [5.74, 6) is 2.05. The maximum absolute atomic E-state index is 14.4. The van der Waals surface area contributed by atoms with Crippen LogP contribution in [0.2, 0.25) is 0 Å². The van der Waals surface area contributed by atoms with Crippen molar-refractivity contribution in [1.29, 1.82) is 0 Å². The molecule has 0 amide bonds. The summed E-state index contributed by atoms with van der Waals surface area (Å²) in [4.78, 5) is 0. The molecule has 1 heterocycles. The zero-order valence-corrected chi connectivity index (χ0v) is 18.0. The van der Waals surface area contributed by atoms with Gasteiger partial charge < -0.3 is 5.32 Å². The molecule has 0 aromatic heterocycles. The van der Waals surface area contributed by atoms with Crippen LogP contribution in [0.4, 0.5) is 10.1 Å². The number of nitrogens with one attached hydrogen (secondary N) is 1. The van der Waals surface area contributed by atoms with E-state index in [1.807, 2.05) is 23.9 Å². The van der Waals surface area contributed by atoms with Crippen LogP contribution < -0.4 is 5.32 Å². The minimum absolute atomic E-state index is 0.000635. The van der Waals surface area contributed by atoms with Crippen LogP contribution in [0.3, 0.4) is 0 Å². The zero-order valence-electron chi connectivity index (χ0n) is 17.2. The van der Waals surface area contributed by atoms with Crippen LogP contribution in [0.25, 0.3) is 11.1 Å². The molecular weight excluding hydrogens is 377 g/mol. The number of fused-ring (bicyclic) bond motifs is 1. The number of rotatable bonds is 6. The van der Waals surface area contributed by atoms with Gasteiger partial charge in [-0.15, -0.1) is 0 Å². The van der Waals surface area contributed by atoms with E-state index in [1.165, 1.54) is 16.7 Å². The molecule has 1 N–H and O–H groups in total. The summed E-state index contributed by atoms with van der Waals surface area (Å²) in [6, 6.07) is 16.9. The van der Waals surface area contributed by atoms with Crippen LogP contribution in [-0.4, -0.2) is 17.0 Å². The van der Waals surface area contributed by atoms with Gasteiger partial charge in [-0.25, -0.2) is 4.39 Å². The number of anilines is 1. The molecule has 3 heteroatoms. The van der Waals surface area contributed by atoms with Gasteiger partial charge in [-0.05, 0) is 61.3 Å². The maximum Gasteiger partial charge on any atom is 0.108 e. The summed E-state index contributed by atoms with van der Waals surface area (Å²) in [6.45, 7) is 4.40. The molecule has 1 aliphatic heterocycles. The fraction of sp³-hybridized carbons (Fsp3) is 0.308. The van der Waals surface area contributed by atoms with Crippen LogP contribution in [0.15, 0.2) is 72.6 Å². The Bertz CT molecular complexity index is 969. The molecule has 0 bridgehead atoms. The standard InChI is InChI=1S/C26H28FNS/c1-26(2)17-21(18-29-15-14-19-8-4-3-5-9-19)23-16-20(12-13-25(23)28-26)22-10-6-7-11-24(22)27/h3-6,8-10,12-13,16-17,28H,7,11,14-15,18H2,1-2H3. The third-order valence-electron chi connectivity index (χ3n) is 5.41. The summed E-state index contributed by atoms with van der Waals surface area (Å²) < 4.78 is 14.4. The molecule has 2 aliphatic rings. The minimum atomic E-state index is -0.0842. The maximum atomic E-state index is 14.4. The highest BCUT2D eigenvalue weighted by atomic mass is 32.2. The van der Waals surface area contributed by atoms with Crippen LogP contribution in [-0.2, 0) is 6.42 Å². The Balaban J connectivity index is 1.53. The second-order valence-electron chi connectivity index (χ2n) is 8.32. The molecule has 4 rings (SSSR count). The van der Waals surface area contributed by atoms with Gasteiger partial charge >= 0.3 is 0 Å². The minimum Gasteiger partial charge on any atom is -0.376 e. The number of halogens is 1. The van der Waals surface area contributed by atoms with Crippen molar-refractivity contribution < 1.29 is 4.39 Å². The molecule has 29 heavy (non-hydrogen) atoms. The van der Waals surface area contributed by atoms with E-state index in [1.54, 1.807) is 0 Å². The number of benzene rings is 2. The van der Waals surface area contributed by atoms with E-state index in [4.69, 9.17) is 0 Å². The third kappa shape index (κ3) is 4.84. The van der Waals surface area contributed by atoms with E-state index in [2.05, 4.69) is 73.8 Å². The van der Waals surface area contributed by atoms with Gasteiger partial charge in [0.05, 0.1) is 5.54 Å². The van der Waals surface area contributed by atoms with Crippen LogP contribution in [0.1, 0.15) is 43.4 Å². The van der Waals surface area contributed by atoms with Gasteiger partial charge in [-0.1, -0.05) is 54.6 Å². The Labute approximate surface area is 177 Å². The van der Waals surface area contributed by atoms with E-state index in [9.17, 15) is 4.39 Å². The van der Waals surface area contributed by atoms with E-state index < -0.39 is 0 Å². The fourth-order valence-corrected chi connectivity index (χ4v) is 4.99. The van der Waals surface area contributed by atoms with Crippen molar-refractivity contribution in [3.63, 3.8) is 0 Å². The molecule has 0 spiro atoms. The lowest BCUT2D eigenvalue weighted by Gasteiger charge is -2.33. The monoisotopic (exact) mass is 405 g/mol. The van der Waals surface area contributed by atoms with Crippen molar-refractivity contribution in [2.45, 2.75) is 38.6 Å². The Hall–Kier alpha value is -2.26. The predicted molar refractivity (Wildman–Crippen MR) is 126 cm³/mol. The van der Waals surface area contributed by atoms with Crippen molar-refractivity contribution in [2.24, 2.45) is 0 Å². The van der Waals surface area contributed by atoms with Gasteiger partial charge in [0.15, 0.2) is 0 Å². The van der Waals surface area contributed by atoms with Gasteiger partial charge in [-0.3, -0.25) is 0 Å². The van der Waals surface area contributed by atoms with Crippen LogP contribution in [0.5, 0.6) is 0 Å². The van der Waals surface area contributed by atoms with E-state index >= 15 is 0 Å². The summed E-state index contributed by atoms with van der Waals surface area (Å²) >= 11 is 1.96. The Morgan fingerprint density at radius 2 is 1.93 bits per heavy atom. The molecule has 0 radical (unpaired) electrons. The molecule has 0 atom stereocenters. The second kappa shape index (κ2) is 8.62. The first kappa shape index (κ1) is 20.0. The molecule has 0 fully saturated rings. The lowest BCUT2D eigenvalue weighted by atomic mass is 9.88. The van der Waals surface area contributed by atoms with Crippen molar-refractivity contribution >= 4 is 28.6 Å². The molecule has 0 saturated carbocycles. The summed E-state index contributed by atoms with van der Waals surface area (Å²) in [5, 5.41) is 3.61. The first-order valence-corrected chi connectivity index (χ1v) is 11.5. The lowest BCUT2D eigenvalue weighted by Crippen LogP contribution is -2.32. The number of thioether (sulfide) groups is 1. The van der Waals surface area contributed by atoms with E-state index in [0.717, 1.165) is 41.2 Å². The number of aryl methyl sites for hydroxylation is 1. The quantitative estimate of drug-likeness (QED) is 0.507. The molecule has 1 aliphatic carbocycles. The highest BCUT2D eigenvalue weighted by Gasteiger charge is 2.25. The van der Waals surface area contributed by atoms with Crippen LogP contribution >= 0.6 is 11.8 Å². The first-order valence-electron chi connectivity index (χ1n) is 10.3. The highest BCUT2D eigenvalue weighted by Crippen LogP contribution is 2.38. The molecule has 0 unspecified atom stereocenters. The summed E-state index contributed by atoms with van der Waals surface area (Å²) in [5.41, 5.74) is 6.69. The molecule has 2 aromatic rings. The van der Waals surface area contributed by atoms with Gasteiger partial charge in [0.1, 0.15) is 5.83 Å². The smallest absolute Gasteiger partial charge is 0.108 e. The first-order chi connectivity index (χ1) is 14.0. The topological polar surface area (TPSA) is 12.0 Å². The molecule has 0 saturated heterocycles. The van der Waals surface area contributed by atoms with E-state index in [-0.39, 0.29) is 11.4 Å². The van der Waals surface area contributed by atoms with Gasteiger partial charge in [0, 0.05) is 29.0 Å². The van der Waals surface area contributed by atoms with Gasteiger partial charge in [0.25, 0.3) is 0 Å². The Morgan fingerprint density at radius 1 is 1.10 bits per heavy atom. The summed E-state index contributed by atoms with van der Waals surface area (Å²) in [6.07, 6.45) is 8.70. The highest BCUT2D eigenvalue weighted by molar-refractivity contribution is 7.99.